The van der Waals surface area contributed by atoms with Crippen LogP contribution in [0, 0.1) is 13.8 Å². The number of amides is 1. The number of hydrogen-bond donors (Lipinski definition) is 1. The monoisotopic (exact) mass is 508 g/mol. The van der Waals surface area contributed by atoms with Gasteiger partial charge in [-0.25, -0.2) is 12.7 Å². The van der Waals surface area contributed by atoms with Crippen molar-refractivity contribution in [3.63, 3.8) is 0 Å². The van der Waals surface area contributed by atoms with E-state index in [2.05, 4.69) is 5.32 Å². The molecule has 3 rings (SSSR count). The number of nitrogens with one attached hydrogen (secondary N) is 1. The third kappa shape index (κ3) is 5.77. The van der Waals surface area contributed by atoms with Crippen LogP contribution in [-0.2, 0) is 25.0 Å². The Bertz CT molecular complexity index is 1240. The largest absolute Gasteiger partial charge is 0.325 e. The molecule has 9 nitrogen and oxygen atoms in total. The fourth-order valence-corrected chi connectivity index (χ4v) is 6.41. The first-order valence-electron chi connectivity index (χ1n) is 11.1. The Balaban J connectivity index is 1.79. The maximum absolute atomic E-state index is 13.0. The lowest BCUT2D eigenvalue weighted by atomic mass is 10.1. The topological polar surface area (TPSA) is 107 Å². The molecule has 186 valence electrons. The van der Waals surface area contributed by atoms with Gasteiger partial charge in [0.25, 0.3) is 0 Å². The summed E-state index contributed by atoms with van der Waals surface area (Å²) in [5.41, 5.74) is 2.39. The molecule has 0 spiro atoms. The lowest BCUT2D eigenvalue weighted by Crippen LogP contribution is -2.44. The molecule has 2 aromatic rings. The molecule has 0 aliphatic carbocycles. The second-order valence-corrected chi connectivity index (χ2v) is 12.6. The van der Waals surface area contributed by atoms with Crippen molar-refractivity contribution < 1.29 is 21.6 Å². The number of piperidine rings is 1. The zero-order chi connectivity index (χ0) is 25.1. The number of carbonyl (C=O) groups excluding carboxylic acids is 1. The van der Waals surface area contributed by atoms with E-state index >= 15 is 0 Å². The van der Waals surface area contributed by atoms with Crippen molar-refractivity contribution in [3.8, 4) is 0 Å². The van der Waals surface area contributed by atoms with E-state index in [1.807, 2.05) is 19.1 Å². The second-order valence-electron chi connectivity index (χ2n) is 8.62. The molecule has 0 unspecified atom stereocenters. The first-order chi connectivity index (χ1) is 15.9. The Hall–Kier alpha value is -2.47. The van der Waals surface area contributed by atoms with E-state index < -0.39 is 32.7 Å². The minimum atomic E-state index is -3.94. The molecule has 1 N–H and O–H groups in total. The van der Waals surface area contributed by atoms with Crippen LogP contribution < -0.4 is 9.62 Å². The SMILES string of the molecule is Cc1ccc(C)c(N(CC(=O)Nc2ccc(S(=O)(=O)N3CCCCC3)cc2)S(=O)(=O)N(C)C)c1. The zero-order valence-corrected chi connectivity index (χ0v) is 21.6. The van der Waals surface area contributed by atoms with Gasteiger partial charge in [0.1, 0.15) is 6.54 Å². The van der Waals surface area contributed by atoms with Crippen LogP contribution in [0.5, 0.6) is 0 Å². The van der Waals surface area contributed by atoms with E-state index in [9.17, 15) is 21.6 Å². The van der Waals surface area contributed by atoms with E-state index in [1.54, 1.807) is 13.0 Å². The van der Waals surface area contributed by atoms with Crippen LogP contribution in [0.3, 0.4) is 0 Å². The van der Waals surface area contributed by atoms with E-state index in [0.29, 0.717) is 24.5 Å². The van der Waals surface area contributed by atoms with Crippen LogP contribution in [0.2, 0.25) is 0 Å². The maximum atomic E-state index is 13.0. The van der Waals surface area contributed by atoms with Crippen LogP contribution in [0.1, 0.15) is 30.4 Å². The summed E-state index contributed by atoms with van der Waals surface area (Å²) >= 11 is 0. The van der Waals surface area contributed by atoms with Gasteiger partial charge in [-0.1, -0.05) is 18.6 Å². The van der Waals surface area contributed by atoms with E-state index in [4.69, 9.17) is 0 Å². The van der Waals surface area contributed by atoms with Crippen LogP contribution in [0.25, 0.3) is 0 Å². The predicted molar refractivity (Wildman–Crippen MR) is 134 cm³/mol. The van der Waals surface area contributed by atoms with E-state index in [0.717, 1.165) is 39.0 Å². The highest BCUT2D eigenvalue weighted by Gasteiger charge is 2.29. The van der Waals surface area contributed by atoms with Gasteiger partial charge in [-0.15, -0.1) is 0 Å². The van der Waals surface area contributed by atoms with E-state index in [-0.39, 0.29) is 4.90 Å². The van der Waals surface area contributed by atoms with Crippen LogP contribution in [-0.4, -0.2) is 65.1 Å². The van der Waals surface area contributed by atoms with Crippen LogP contribution in [0.15, 0.2) is 47.4 Å². The fourth-order valence-electron chi connectivity index (χ4n) is 3.77. The summed E-state index contributed by atoms with van der Waals surface area (Å²) in [7, 11) is -4.69. The summed E-state index contributed by atoms with van der Waals surface area (Å²) in [5, 5.41) is 2.67. The fraction of sp³-hybridized carbons (Fsp3) is 0.435. The second kappa shape index (κ2) is 10.4. The van der Waals surface area contributed by atoms with Crippen molar-refractivity contribution in [1.82, 2.24) is 8.61 Å². The number of benzene rings is 2. The van der Waals surface area contributed by atoms with Gasteiger partial charge in [0.05, 0.1) is 10.6 Å². The first-order valence-corrected chi connectivity index (χ1v) is 13.9. The molecule has 0 saturated carbocycles. The summed E-state index contributed by atoms with van der Waals surface area (Å²) in [6.45, 7) is 4.22. The molecule has 1 fully saturated rings. The number of aryl methyl sites for hydroxylation is 2. The summed E-state index contributed by atoms with van der Waals surface area (Å²) in [4.78, 5) is 13.0. The minimum Gasteiger partial charge on any atom is -0.325 e. The molecule has 1 saturated heterocycles. The number of hydrogen-bond acceptors (Lipinski definition) is 5. The van der Waals surface area contributed by atoms with Gasteiger partial charge in [0.15, 0.2) is 0 Å². The molecule has 0 radical (unpaired) electrons. The smallest absolute Gasteiger partial charge is 0.304 e. The van der Waals surface area contributed by atoms with Gasteiger partial charge in [-0.05, 0) is 68.1 Å². The summed E-state index contributed by atoms with van der Waals surface area (Å²) in [5.74, 6) is -0.544. The van der Waals surface area contributed by atoms with Gasteiger partial charge in [-0.2, -0.15) is 17.0 Å². The summed E-state index contributed by atoms with van der Waals surface area (Å²) in [6, 6.07) is 11.3. The minimum absolute atomic E-state index is 0.166. The molecule has 0 bridgehead atoms. The Morgan fingerprint density at radius 1 is 0.941 bits per heavy atom. The Morgan fingerprint density at radius 3 is 2.15 bits per heavy atom. The highest BCUT2D eigenvalue weighted by Crippen LogP contribution is 2.26. The van der Waals surface area contributed by atoms with Crippen molar-refractivity contribution in [2.45, 2.75) is 38.0 Å². The lowest BCUT2D eigenvalue weighted by molar-refractivity contribution is -0.114. The highest BCUT2D eigenvalue weighted by molar-refractivity contribution is 7.90. The normalized spacial score (nSPS) is 15.3. The molecule has 2 aromatic carbocycles. The molecular formula is C23H32N4O5S2. The molecular weight excluding hydrogens is 476 g/mol. The van der Waals surface area contributed by atoms with E-state index in [1.165, 1.54) is 42.7 Å². The third-order valence-corrected chi connectivity index (χ3v) is 9.47. The van der Waals surface area contributed by atoms with Crippen molar-refractivity contribution in [2.24, 2.45) is 0 Å². The zero-order valence-electron chi connectivity index (χ0n) is 20.0. The third-order valence-electron chi connectivity index (χ3n) is 5.75. The average molecular weight is 509 g/mol. The number of carbonyl (C=O) groups is 1. The standard InChI is InChI=1S/C23H32N4O5S2/c1-18-8-9-19(2)22(16-18)27(34(31,32)25(3)4)17-23(28)24-20-10-12-21(13-11-20)33(29,30)26-14-6-5-7-15-26/h8-13,16H,5-7,14-15,17H2,1-4H3,(H,24,28). The van der Waals surface area contributed by atoms with Gasteiger partial charge in [-0.3, -0.25) is 4.79 Å². The first kappa shape index (κ1) is 26.1. The number of rotatable bonds is 8. The summed E-state index contributed by atoms with van der Waals surface area (Å²) < 4.78 is 55.2. The highest BCUT2D eigenvalue weighted by atomic mass is 32.2. The van der Waals surface area contributed by atoms with Crippen LogP contribution >= 0.6 is 0 Å². The molecule has 1 amide bonds. The molecule has 0 atom stereocenters. The van der Waals surface area contributed by atoms with Crippen molar-refractivity contribution in [1.29, 1.82) is 0 Å². The quantitative estimate of drug-likeness (QED) is 0.590. The average Bonchev–Trinajstić information content (AvgIpc) is 2.80. The van der Waals surface area contributed by atoms with Crippen molar-refractivity contribution in [3.05, 3.63) is 53.6 Å². The molecule has 11 heteroatoms. The molecule has 34 heavy (non-hydrogen) atoms. The predicted octanol–water partition coefficient (Wildman–Crippen LogP) is 2.73. The molecule has 1 aliphatic heterocycles. The molecule has 1 heterocycles. The number of sulfonamides is 1. The van der Waals surface area contributed by atoms with Gasteiger partial charge in [0.2, 0.25) is 15.9 Å². The Kier molecular flexibility index (Phi) is 8.02. The Morgan fingerprint density at radius 2 is 1.56 bits per heavy atom. The van der Waals surface area contributed by atoms with Gasteiger partial charge in [0, 0.05) is 32.9 Å². The Labute approximate surface area is 202 Å². The molecule has 1 aliphatic rings. The van der Waals surface area contributed by atoms with Crippen molar-refractivity contribution >= 4 is 37.5 Å². The van der Waals surface area contributed by atoms with Crippen molar-refractivity contribution in [2.75, 3.05) is 43.4 Å². The molecule has 0 aromatic heterocycles. The number of nitrogens with zero attached hydrogens (tertiary/aromatic N) is 3. The summed E-state index contributed by atoms with van der Waals surface area (Å²) in [6.07, 6.45) is 2.72. The maximum Gasteiger partial charge on any atom is 0.304 e. The van der Waals surface area contributed by atoms with Crippen LogP contribution in [0.4, 0.5) is 11.4 Å². The number of anilines is 2. The van der Waals surface area contributed by atoms with Gasteiger partial charge >= 0.3 is 10.2 Å². The van der Waals surface area contributed by atoms with Gasteiger partial charge < -0.3 is 5.32 Å². The lowest BCUT2D eigenvalue weighted by Gasteiger charge is -2.28.